The molecule has 0 unspecified atom stereocenters. The number of benzene rings is 2. The van der Waals surface area contributed by atoms with Crippen LogP contribution in [0, 0.1) is 0 Å². The number of nitrogens with two attached hydrogens (primary N) is 1. The third-order valence-corrected chi connectivity index (χ3v) is 5.03. The molecule has 0 radical (unpaired) electrons. The first kappa shape index (κ1) is 15.6. The molecular weight excluding hydrogens is 310 g/mol. The van der Waals surface area contributed by atoms with Gasteiger partial charge in [-0.15, -0.1) is 0 Å². The number of aliphatic imine (C=N–C) groups is 1. The molecule has 2 N–H and O–H groups in total. The number of guanidine groups is 1. The predicted molar refractivity (Wildman–Crippen MR) is 92.9 cm³/mol. The maximum Gasteiger partial charge on any atom is 0.201 e. The van der Waals surface area contributed by atoms with Crippen LogP contribution < -0.4 is 10.6 Å². The molecule has 1 aliphatic heterocycles. The Kier molecular flexibility index (Phi) is 4.09. The van der Waals surface area contributed by atoms with Crippen molar-refractivity contribution in [2.75, 3.05) is 17.7 Å². The number of para-hydroxylation sites is 2. The van der Waals surface area contributed by atoms with Crippen molar-refractivity contribution in [1.29, 1.82) is 0 Å². The van der Waals surface area contributed by atoms with E-state index in [4.69, 9.17) is 5.73 Å². The lowest BCUT2D eigenvalue weighted by atomic mass is 10.0. The summed E-state index contributed by atoms with van der Waals surface area (Å²) in [4.78, 5) is 6.52. The summed E-state index contributed by atoms with van der Waals surface area (Å²) in [6, 6.07) is 14.7. The number of nitrogens with zero attached hydrogens (tertiary/aromatic N) is 2. The minimum atomic E-state index is -3.35. The van der Waals surface area contributed by atoms with Crippen LogP contribution in [0.5, 0.6) is 0 Å². The van der Waals surface area contributed by atoms with Gasteiger partial charge < -0.3 is 10.6 Å². The minimum Gasteiger partial charge on any atom is -0.369 e. The van der Waals surface area contributed by atoms with Crippen molar-refractivity contribution in [3.8, 4) is 0 Å². The van der Waals surface area contributed by atoms with E-state index >= 15 is 0 Å². The molecule has 2 aromatic rings. The highest BCUT2D eigenvalue weighted by molar-refractivity contribution is 7.90. The number of sulfone groups is 1. The average molecular weight is 329 g/mol. The smallest absolute Gasteiger partial charge is 0.201 e. The fraction of sp³-hybridized carbons (Fsp3) is 0.235. The van der Waals surface area contributed by atoms with E-state index in [1.54, 1.807) is 24.3 Å². The van der Waals surface area contributed by atoms with Crippen LogP contribution in [0.2, 0.25) is 0 Å². The molecule has 0 aliphatic carbocycles. The van der Waals surface area contributed by atoms with Gasteiger partial charge in [0.25, 0.3) is 0 Å². The number of hydrogen-bond donors (Lipinski definition) is 1. The molecule has 0 atom stereocenters. The molecule has 0 saturated heterocycles. The Bertz CT molecular complexity index is 860. The van der Waals surface area contributed by atoms with E-state index in [0.717, 1.165) is 25.1 Å². The van der Waals surface area contributed by atoms with Crippen LogP contribution in [0.15, 0.2) is 58.4 Å². The van der Waals surface area contributed by atoms with Gasteiger partial charge in [0.1, 0.15) is 0 Å². The van der Waals surface area contributed by atoms with Crippen molar-refractivity contribution < 1.29 is 8.42 Å². The van der Waals surface area contributed by atoms with Gasteiger partial charge in [-0.2, -0.15) is 0 Å². The summed E-state index contributed by atoms with van der Waals surface area (Å²) >= 11 is 0. The quantitative estimate of drug-likeness (QED) is 0.678. The molecular formula is C17H19N3O2S. The van der Waals surface area contributed by atoms with Crippen LogP contribution in [0.25, 0.3) is 0 Å². The Hall–Kier alpha value is -2.34. The molecule has 0 aromatic heterocycles. The summed E-state index contributed by atoms with van der Waals surface area (Å²) in [6.45, 7) is 0.771. The molecule has 1 heterocycles. The second-order valence-electron chi connectivity index (χ2n) is 5.59. The molecule has 0 bridgehead atoms. The van der Waals surface area contributed by atoms with E-state index < -0.39 is 9.84 Å². The van der Waals surface area contributed by atoms with Crippen molar-refractivity contribution in [2.24, 2.45) is 10.7 Å². The maximum absolute atomic E-state index is 11.9. The summed E-state index contributed by atoms with van der Waals surface area (Å²) in [6.07, 6.45) is 3.18. The molecule has 6 heteroatoms. The Labute approximate surface area is 136 Å². The van der Waals surface area contributed by atoms with Crippen LogP contribution in [-0.2, 0) is 16.3 Å². The number of rotatable bonds is 2. The second-order valence-corrected chi connectivity index (χ2v) is 7.58. The monoisotopic (exact) mass is 329 g/mol. The van der Waals surface area contributed by atoms with E-state index in [2.05, 4.69) is 11.1 Å². The first-order chi connectivity index (χ1) is 11.0. The van der Waals surface area contributed by atoms with Crippen LogP contribution in [0.3, 0.4) is 0 Å². The van der Waals surface area contributed by atoms with E-state index in [0.29, 0.717) is 11.6 Å². The van der Waals surface area contributed by atoms with Gasteiger partial charge in [-0.3, -0.25) is 0 Å². The van der Waals surface area contributed by atoms with Crippen LogP contribution in [0.4, 0.5) is 11.4 Å². The predicted octanol–water partition coefficient (Wildman–Crippen LogP) is 2.49. The molecule has 2 aromatic carbocycles. The van der Waals surface area contributed by atoms with Gasteiger partial charge in [0.15, 0.2) is 9.84 Å². The van der Waals surface area contributed by atoms with Crippen molar-refractivity contribution in [2.45, 2.75) is 17.7 Å². The molecule has 0 fully saturated rings. The highest BCUT2D eigenvalue weighted by Gasteiger charge is 2.20. The summed E-state index contributed by atoms with van der Waals surface area (Å²) in [5, 5.41) is 0. The number of anilines is 1. The molecule has 0 saturated carbocycles. The normalized spacial score (nSPS) is 15.3. The fourth-order valence-corrected chi connectivity index (χ4v) is 3.64. The van der Waals surface area contributed by atoms with Gasteiger partial charge in [-0.05, 0) is 36.6 Å². The lowest BCUT2D eigenvalue weighted by Gasteiger charge is -2.30. The van der Waals surface area contributed by atoms with Crippen molar-refractivity contribution in [3.05, 3.63) is 54.1 Å². The first-order valence-electron chi connectivity index (χ1n) is 7.45. The van der Waals surface area contributed by atoms with Gasteiger partial charge in [-0.1, -0.05) is 30.3 Å². The van der Waals surface area contributed by atoms with Gasteiger partial charge in [0.2, 0.25) is 5.96 Å². The topological polar surface area (TPSA) is 75.8 Å². The Morgan fingerprint density at radius 1 is 1.13 bits per heavy atom. The van der Waals surface area contributed by atoms with Crippen LogP contribution >= 0.6 is 0 Å². The standard InChI is InChI=1S/C17H19N3O2S/c1-23(21,22)16-11-5-3-9-14(16)19-17(18)20-12-6-8-13-7-2-4-10-15(13)20/h2-5,7,9-11H,6,8,12H2,1H3,(H2,18,19). The first-order valence-corrected chi connectivity index (χ1v) is 9.34. The third-order valence-electron chi connectivity index (χ3n) is 3.89. The van der Waals surface area contributed by atoms with E-state index in [1.807, 2.05) is 23.1 Å². The van der Waals surface area contributed by atoms with Crippen molar-refractivity contribution in [1.82, 2.24) is 0 Å². The zero-order valence-corrected chi connectivity index (χ0v) is 13.8. The third kappa shape index (κ3) is 3.22. The van der Waals surface area contributed by atoms with E-state index in [-0.39, 0.29) is 4.90 Å². The van der Waals surface area contributed by atoms with Crippen LogP contribution in [-0.4, -0.2) is 27.2 Å². The Balaban J connectivity index is 2.03. The average Bonchev–Trinajstić information content (AvgIpc) is 2.54. The lowest BCUT2D eigenvalue weighted by Crippen LogP contribution is -2.40. The molecule has 1 aliphatic rings. The molecule has 120 valence electrons. The SMILES string of the molecule is CS(=O)(=O)c1ccccc1N=C(N)N1CCCc2ccccc21. The van der Waals surface area contributed by atoms with Gasteiger partial charge >= 0.3 is 0 Å². The number of fused-ring (bicyclic) bond motifs is 1. The molecule has 5 nitrogen and oxygen atoms in total. The molecule has 0 spiro atoms. The van der Waals surface area contributed by atoms with E-state index in [9.17, 15) is 8.42 Å². The summed E-state index contributed by atoms with van der Waals surface area (Å²) < 4.78 is 23.8. The molecule has 3 rings (SSSR count). The number of aryl methyl sites for hydroxylation is 1. The zero-order chi connectivity index (χ0) is 16.4. The fourth-order valence-electron chi connectivity index (χ4n) is 2.82. The highest BCUT2D eigenvalue weighted by Crippen LogP contribution is 2.28. The maximum atomic E-state index is 11.9. The Morgan fingerprint density at radius 2 is 1.83 bits per heavy atom. The summed E-state index contributed by atoms with van der Waals surface area (Å²) in [7, 11) is -3.35. The van der Waals surface area contributed by atoms with Crippen molar-refractivity contribution >= 4 is 27.2 Å². The molecule has 0 amide bonds. The van der Waals surface area contributed by atoms with Gasteiger partial charge in [-0.25, -0.2) is 13.4 Å². The molecule has 23 heavy (non-hydrogen) atoms. The highest BCUT2D eigenvalue weighted by atomic mass is 32.2. The second kappa shape index (κ2) is 6.04. The van der Waals surface area contributed by atoms with Crippen molar-refractivity contribution in [3.63, 3.8) is 0 Å². The minimum absolute atomic E-state index is 0.188. The lowest BCUT2D eigenvalue weighted by molar-refractivity contribution is 0.602. The number of hydrogen-bond acceptors (Lipinski definition) is 3. The Morgan fingerprint density at radius 3 is 2.61 bits per heavy atom. The largest absolute Gasteiger partial charge is 0.369 e. The van der Waals surface area contributed by atoms with Gasteiger partial charge in [0.05, 0.1) is 10.6 Å². The van der Waals surface area contributed by atoms with E-state index in [1.165, 1.54) is 11.8 Å². The van der Waals surface area contributed by atoms with Gasteiger partial charge in [0, 0.05) is 18.5 Å². The summed E-state index contributed by atoms with van der Waals surface area (Å²) in [5.41, 5.74) is 8.83. The zero-order valence-electron chi connectivity index (χ0n) is 12.9. The summed E-state index contributed by atoms with van der Waals surface area (Å²) in [5.74, 6) is 0.313. The van der Waals surface area contributed by atoms with Crippen LogP contribution in [0.1, 0.15) is 12.0 Å².